The van der Waals surface area contributed by atoms with E-state index in [4.69, 9.17) is 21.7 Å². The Kier molecular flexibility index (Phi) is 4.10. The maximum Gasteiger partial charge on any atom is 0.214 e. The molecule has 1 aliphatic heterocycles. The minimum absolute atomic E-state index is 0.580. The summed E-state index contributed by atoms with van der Waals surface area (Å²) < 4.78 is 13.5. The Morgan fingerprint density at radius 3 is 2.95 bits per heavy atom. The van der Waals surface area contributed by atoms with Crippen LogP contribution in [0.3, 0.4) is 0 Å². The number of nitrogens with one attached hydrogen (secondary N) is 2. The Labute approximate surface area is 128 Å². The molecule has 2 aromatic rings. The van der Waals surface area contributed by atoms with E-state index in [0.29, 0.717) is 24.5 Å². The number of aromatic nitrogens is 3. The monoisotopic (exact) mass is 306 g/mol. The molecule has 7 heteroatoms. The summed E-state index contributed by atoms with van der Waals surface area (Å²) in [5.74, 6) is 2.52. The fourth-order valence-corrected chi connectivity index (χ4v) is 2.47. The molecule has 0 saturated heterocycles. The van der Waals surface area contributed by atoms with Crippen molar-refractivity contribution < 1.29 is 9.47 Å². The number of H-pyrrole nitrogens is 1. The maximum atomic E-state index is 5.59. The average molecular weight is 306 g/mol. The molecule has 0 amide bonds. The van der Waals surface area contributed by atoms with Gasteiger partial charge in [-0.2, -0.15) is 5.10 Å². The van der Waals surface area contributed by atoms with Gasteiger partial charge < -0.3 is 14.9 Å². The van der Waals surface area contributed by atoms with Crippen LogP contribution in [0.5, 0.6) is 11.5 Å². The van der Waals surface area contributed by atoms with Crippen molar-refractivity contribution in [2.75, 3.05) is 18.6 Å². The van der Waals surface area contributed by atoms with Gasteiger partial charge in [0.05, 0.1) is 6.54 Å². The number of benzene rings is 1. The fourth-order valence-electron chi connectivity index (χ4n) is 2.25. The van der Waals surface area contributed by atoms with Crippen LogP contribution in [0, 0.1) is 4.77 Å². The Morgan fingerprint density at radius 2 is 2.14 bits per heavy atom. The molecule has 2 N–H and O–H groups in total. The largest absolute Gasteiger partial charge is 0.486 e. The molecule has 112 valence electrons. The number of aromatic amines is 1. The molecule has 1 aliphatic rings. The average Bonchev–Trinajstić information content (AvgIpc) is 2.86. The second-order valence-corrected chi connectivity index (χ2v) is 5.23. The summed E-state index contributed by atoms with van der Waals surface area (Å²) >= 11 is 5.24. The third-order valence-corrected chi connectivity index (χ3v) is 3.54. The first-order valence-electron chi connectivity index (χ1n) is 7.06. The van der Waals surface area contributed by atoms with E-state index in [2.05, 4.69) is 22.5 Å². The number of fused-ring (bicyclic) bond motifs is 1. The van der Waals surface area contributed by atoms with Crippen LogP contribution in [0.25, 0.3) is 0 Å². The molecule has 1 aromatic heterocycles. The highest BCUT2D eigenvalue weighted by atomic mass is 32.1. The van der Waals surface area contributed by atoms with Crippen LogP contribution in [-0.4, -0.2) is 28.1 Å². The van der Waals surface area contributed by atoms with Gasteiger partial charge >= 0.3 is 0 Å². The van der Waals surface area contributed by atoms with Crippen molar-refractivity contribution in [1.82, 2.24) is 14.9 Å². The van der Waals surface area contributed by atoms with Crippen molar-refractivity contribution in [2.45, 2.75) is 26.3 Å². The van der Waals surface area contributed by atoms with Crippen molar-refractivity contribution in [3.05, 3.63) is 34.4 Å². The lowest BCUT2D eigenvalue weighted by atomic mass is 10.2. The number of aryl methyl sites for hydroxylation is 1. The maximum absolute atomic E-state index is 5.59. The third kappa shape index (κ3) is 3.02. The van der Waals surface area contributed by atoms with Gasteiger partial charge in [0.25, 0.3) is 0 Å². The summed E-state index contributed by atoms with van der Waals surface area (Å²) in [6.07, 6.45) is 1.90. The lowest BCUT2D eigenvalue weighted by molar-refractivity contribution is 0.171. The predicted octanol–water partition coefficient (Wildman–Crippen LogP) is 2.41. The minimum Gasteiger partial charge on any atom is -0.486 e. The van der Waals surface area contributed by atoms with E-state index >= 15 is 0 Å². The summed E-state index contributed by atoms with van der Waals surface area (Å²) in [6, 6.07) is 5.95. The van der Waals surface area contributed by atoms with Crippen molar-refractivity contribution in [2.24, 2.45) is 0 Å². The smallest absolute Gasteiger partial charge is 0.214 e. The van der Waals surface area contributed by atoms with E-state index in [1.165, 1.54) is 0 Å². The van der Waals surface area contributed by atoms with Crippen LogP contribution in [0.2, 0.25) is 0 Å². The quantitative estimate of drug-likeness (QED) is 0.831. The van der Waals surface area contributed by atoms with E-state index in [0.717, 1.165) is 35.7 Å². The summed E-state index contributed by atoms with van der Waals surface area (Å²) in [6.45, 7) is 3.95. The predicted molar refractivity (Wildman–Crippen MR) is 81.9 cm³/mol. The lowest BCUT2D eigenvalue weighted by Gasteiger charge is -2.19. The molecule has 6 nitrogen and oxygen atoms in total. The van der Waals surface area contributed by atoms with E-state index in [-0.39, 0.29) is 0 Å². The molecule has 0 fully saturated rings. The van der Waals surface area contributed by atoms with E-state index in [1.807, 2.05) is 22.9 Å². The Hall–Kier alpha value is -2.02. The standard InChI is InChI=1S/C14H18N4O2S/c1-2-3-13-16-17-14(21)18(13)15-9-10-4-5-11-12(8-10)20-7-6-19-11/h4-5,8,15H,2-3,6-7,9H2,1H3,(H,17,21). The van der Waals surface area contributed by atoms with Crippen LogP contribution in [0.4, 0.5) is 0 Å². The molecule has 0 unspecified atom stereocenters. The van der Waals surface area contributed by atoms with E-state index in [9.17, 15) is 0 Å². The SMILES string of the molecule is CCCc1n[nH]c(=S)n1NCc1ccc2c(c1)OCCO2. The highest BCUT2D eigenvalue weighted by Crippen LogP contribution is 2.30. The molecule has 0 aliphatic carbocycles. The van der Waals surface area contributed by atoms with E-state index in [1.54, 1.807) is 0 Å². The summed E-state index contributed by atoms with van der Waals surface area (Å²) in [5, 5.41) is 7.04. The zero-order valence-electron chi connectivity index (χ0n) is 11.9. The summed E-state index contributed by atoms with van der Waals surface area (Å²) in [5.41, 5.74) is 4.39. The van der Waals surface area contributed by atoms with Gasteiger partial charge in [-0.3, -0.25) is 5.10 Å². The number of hydrogen-bond donors (Lipinski definition) is 2. The van der Waals surface area contributed by atoms with Crippen molar-refractivity contribution in [3.63, 3.8) is 0 Å². The Balaban J connectivity index is 1.73. The van der Waals surface area contributed by atoms with Gasteiger partial charge in [0.1, 0.15) is 13.2 Å². The van der Waals surface area contributed by atoms with Gasteiger partial charge in [-0.15, -0.1) is 0 Å². The zero-order valence-corrected chi connectivity index (χ0v) is 12.7. The zero-order chi connectivity index (χ0) is 14.7. The number of hydrogen-bond acceptors (Lipinski definition) is 5. The molecular weight excluding hydrogens is 288 g/mol. The first-order valence-corrected chi connectivity index (χ1v) is 7.47. The molecular formula is C14H18N4O2S. The molecule has 0 saturated carbocycles. The molecule has 3 rings (SSSR count). The summed E-state index contributed by atoms with van der Waals surface area (Å²) in [7, 11) is 0. The molecule has 1 aromatic carbocycles. The highest BCUT2D eigenvalue weighted by Gasteiger charge is 2.12. The van der Waals surface area contributed by atoms with Crippen LogP contribution in [0.15, 0.2) is 18.2 Å². The van der Waals surface area contributed by atoms with Gasteiger partial charge in [-0.1, -0.05) is 13.0 Å². The second-order valence-electron chi connectivity index (χ2n) is 4.84. The first-order chi connectivity index (χ1) is 10.3. The first kappa shape index (κ1) is 13.9. The molecule has 21 heavy (non-hydrogen) atoms. The summed E-state index contributed by atoms with van der Waals surface area (Å²) in [4.78, 5) is 0. The number of nitrogens with zero attached hydrogens (tertiary/aromatic N) is 2. The van der Waals surface area contributed by atoms with Crippen LogP contribution in [-0.2, 0) is 13.0 Å². The van der Waals surface area contributed by atoms with Gasteiger partial charge in [-0.25, -0.2) is 4.68 Å². The van der Waals surface area contributed by atoms with Crippen LogP contribution in [0.1, 0.15) is 24.7 Å². The van der Waals surface area contributed by atoms with Crippen molar-refractivity contribution in [1.29, 1.82) is 0 Å². The molecule has 0 bridgehead atoms. The highest BCUT2D eigenvalue weighted by molar-refractivity contribution is 7.71. The van der Waals surface area contributed by atoms with Gasteiger partial charge in [0, 0.05) is 6.42 Å². The topological polar surface area (TPSA) is 64.1 Å². The Bertz CT molecular complexity index is 680. The molecule has 0 radical (unpaired) electrons. The van der Waals surface area contributed by atoms with Crippen molar-refractivity contribution >= 4 is 12.2 Å². The lowest BCUT2D eigenvalue weighted by Crippen LogP contribution is -2.18. The fraction of sp³-hybridized carbons (Fsp3) is 0.429. The minimum atomic E-state index is 0.580. The number of rotatable bonds is 5. The Morgan fingerprint density at radius 1 is 1.33 bits per heavy atom. The van der Waals surface area contributed by atoms with Crippen LogP contribution >= 0.6 is 12.2 Å². The van der Waals surface area contributed by atoms with Crippen LogP contribution < -0.4 is 14.9 Å². The second kappa shape index (κ2) is 6.17. The van der Waals surface area contributed by atoms with Gasteiger partial charge in [0.15, 0.2) is 17.3 Å². The third-order valence-electron chi connectivity index (χ3n) is 3.26. The van der Waals surface area contributed by atoms with Gasteiger partial charge in [0.2, 0.25) is 4.77 Å². The molecule has 0 spiro atoms. The molecule has 2 heterocycles. The van der Waals surface area contributed by atoms with Gasteiger partial charge in [-0.05, 0) is 36.3 Å². The normalized spacial score (nSPS) is 13.2. The molecule has 0 atom stereocenters. The van der Waals surface area contributed by atoms with Crippen molar-refractivity contribution in [3.8, 4) is 11.5 Å². The number of ether oxygens (including phenoxy) is 2. The van der Waals surface area contributed by atoms with E-state index < -0.39 is 0 Å².